The summed E-state index contributed by atoms with van der Waals surface area (Å²) >= 11 is 0. The third-order valence-corrected chi connectivity index (χ3v) is 4.80. The van der Waals surface area contributed by atoms with Crippen molar-refractivity contribution < 1.29 is 13.8 Å². The van der Waals surface area contributed by atoms with Gasteiger partial charge in [-0.15, -0.1) is 0 Å². The van der Waals surface area contributed by atoms with Gasteiger partial charge in [-0.2, -0.15) is 0 Å². The van der Waals surface area contributed by atoms with Crippen LogP contribution in [0.4, 0.5) is 4.79 Å². The maximum absolute atomic E-state index is 12.6. The molecule has 3 heterocycles. The topological polar surface area (TPSA) is 84.4 Å². The van der Waals surface area contributed by atoms with E-state index in [1.807, 2.05) is 50.2 Å². The smallest absolute Gasteiger partial charge is 0.318 e. The van der Waals surface area contributed by atoms with Gasteiger partial charge in [0.1, 0.15) is 5.69 Å². The fraction of sp³-hybridized carbons (Fsp3) is 0.350. The number of carbonyl (C=O) groups is 1. The van der Waals surface area contributed by atoms with Crippen molar-refractivity contribution >= 4 is 6.03 Å². The van der Waals surface area contributed by atoms with Gasteiger partial charge in [0, 0.05) is 24.2 Å². The number of urea groups is 1. The van der Waals surface area contributed by atoms with Crippen molar-refractivity contribution in [2.45, 2.75) is 39.3 Å². The summed E-state index contributed by atoms with van der Waals surface area (Å²) in [6.45, 7) is 4.93. The molecule has 3 aromatic rings. The summed E-state index contributed by atoms with van der Waals surface area (Å²) in [4.78, 5) is 14.4. The lowest BCUT2D eigenvalue weighted by atomic mass is 10.1. The monoisotopic (exact) mass is 366 g/mol. The van der Waals surface area contributed by atoms with Gasteiger partial charge >= 0.3 is 6.03 Å². The molecular weight excluding hydrogens is 344 g/mol. The quantitative estimate of drug-likeness (QED) is 0.755. The average Bonchev–Trinajstić information content (AvgIpc) is 3.40. The second kappa shape index (κ2) is 7.26. The molecular formula is C20H22N4O3. The number of hydrogen-bond donors (Lipinski definition) is 1. The lowest BCUT2D eigenvalue weighted by molar-refractivity contribution is 0.181. The number of rotatable bonds is 4. The van der Waals surface area contributed by atoms with E-state index in [0.717, 1.165) is 29.9 Å². The van der Waals surface area contributed by atoms with Crippen LogP contribution in [0.15, 0.2) is 45.4 Å². The third kappa shape index (κ3) is 3.72. The Morgan fingerprint density at radius 1 is 1.19 bits per heavy atom. The first-order valence-electron chi connectivity index (χ1n) is 9.10. The average molecular weight is 366 g/mol. The SMILES string of the molecule is Cc1ccc(-c2cc(CNC(=O)N3CCC[C@@H]3c3cc(C)no3)no2)cc1. The van der Waals surface area contributed by atoms with E-state index in [4.69, 9.17) is 9.05 Å². The van der Waals surface area contributed by atoms with Crippen LogP contribution in [0.5, 0.6) is 0 Å². The minimum absolute atomic E-state index is 0.0633. The molecule has 2 amide bonds. The van der Waals surface area contributed by atoms with Gasteiger partial charge < -0.3 is 19.3 Å². The van der Waals surface area contributed by atoms with E-state index in [2.05, 4.69) is 15.6 Å². The summed E-state index contributed by atoms with van der Waals surface area (Å²) in [6.07, 6.45) is 1.82. The highest BCUT2D eigenvalue weighted by Gasteiger charge is 2.32. The van der Waals surface area contributed by atoms with E-state index in [0.29, 0.717) is 24.5 Å². The van der Waals surface area contributed by atoms with Crippen LogP contribution in [0.1, 0.15) is 41.6 Å². The van der Waals surface area contributed by atoms with Crippen LogP contribution in [0, 0.1) is 13.8 Å². The second-order valence-electron chi connectivity index (χ2n) is 6.93. The molecule has 1 aromatic carbocycles. The van der Waals surface area contributed by atoms with E-state index < -0.39 is 0 Å². The summed E-state index contributed by atoms with van der Waals surface area (Å²) in [7, 11) is 0. The molecule has 7 nitrogen and oxygen atoms in total. The Hall–Kier alpha value is -3.09. The van der Waals surface area contributed by atoms with E-state index in [1.54, 1.807) is 4.90 Å². The van der Waals surface area contributed by atoms with E-state index in [1.165, 1.54) is 5.56 Å². The highest BCUT2D eigenvalue weighted by molar-refractivity contribution is 5.75. The first kappa shape index (κ1) is 17.3. The van der Waals surface area contributed by atoms with Gasteiger partial charge in [0.05, 0.1) is 18.3 Å². The van der Waals surface area contributed by atoms with Gasteiger partial charge in [0.2, 0.25) is 0 Å². The van der Waals surface area contributed by atoms with E-state index >= 15 is 0 Å². The Labute approximate surface area is 157 Å². The Morgan fingerprint density at radius 2 is 2.00 bits per heavy atom. The van der Waals surface area contributed by atoms with Crippen molar-refractivity contribution in [3.05, 3.63) is 59.1 Å². The number of amides is 2. The fourth-order valence-corrected chi connectivity index (χ4v) is 3.36. The van der Waals surface area contributed by atoms with Crippen LogP contribution in [-0.4, -0.2) is 27.8 Å². The van der Waals surface area contributed by atoms with E-state index in [9.17, 15) is 4.79 Å². The van der Waals surface area contributed by atoms with Crippen LogP contribution in [0.2, 0.25) is 0 Å². The van der Waals surface area contributed by atoms with Crippen molar-refractivity contribution in [2.75, 3.05) is 6.54 Å². The third-order valence-electron chi connectivity index (χ3n) is 4.80. The highest BCUT2D eigenvalue weighted by Crippen LogP contribution is 2.32. The molecule has 1 atom stereocenters. The summed E-state index contributed by atoms with van der Waals surface area (Å²) in [6, 6.07) is 11.6. The Balaban J connectivity index is 1.38. The Bertz CT molecular complexity index is 929. The van der Waals surface area contributed by atoms with Gasteiger partial charge in [-0.1, -0.05) is 40.1 Å². The number of nitrogens with zero attached hydrogens (tertiary/aromatic N) is 3. The molecule has 0 saturated carbocycles. The van der Waals surface area contributed by atoms with Crippen LogP contribution >= 0.6 is 0 Å². The molecule has 1 fully saturated rings. The summed E-state index contributed by atoms with van der Waals surface area (Å²) in [5.74, 6) is 1.43. The van der Waals surface area contributed by atoms with E-state index in [-0.39, 0.29) is 12.1 Å². The van der Waals surface area contributed by atoms with Crippen molar-refractivity contribution in [3.8, 4) is 11.3 Å². The van der Waals surface area contributed by atoms with Crippen LogP contribution in [-0.2, 0) is 6.54 Å². The highest BCUT2D eigenvalue weighted by atomic mass is 16.5. The zero-order valence-electron chi connectivity index (χ0n) is 15.4. The molecule has 7 heteroatoms. The predicted octanol–water partition coefficient (Wildman–Crippen LogP) is 3.99. The molecule has 0 aliphatic carbocycles. The number of nitrogens with one attached hydrogen (secondary N) is 1. The van der Waals surface area contributed by atoms with Crippen LogP contribution in [0.3, 0.4) is 0 Å². The second-order valence-corrected chi connectivity index (χ2v) is 6.93. The molecule has 2 aromatic heterocycles. The molecule has 1 N–H and O–H groups in total. The molecule has 1 aliphatic rings. The lowest BCUT2D eigenvalue weighted by Gasteiger charge is -2.22. The number of carbonyl (C=O) groups excluding carboxylic acids is 1. The van der Waals surface area contributed by atoms with Crippen LogP contribution < -0.4 is 5.32 Å². The van der Waals surface area contributed by atoms with Crippen LogP contribution in [0.25, 0.3) is 11.3 Å². The first-order chi connectivity index (χ1) is 13.1. The maximum Gasteiger partial charge on any atom is 0.318 e. The van der Waals surface area contributed by atoms with Crippen molar-refractivity contribution in [3.63, 3.8) is 0 Å². The number of aromatic nitrogens is 2. The zero-order chi connectivity index (χ0) is 18.8. The normalized spacial score (nSPS) is 16.7. The van der Waals surface area contributed by atoms with Gasteiger partial charge in [-0.25, -0.2) is 4.79 Å². The molecule has 0 radical (unpaired) electrons. The Kier molecular flexibility index (Phi) is 4.66. The number of likely N-dealkylation sites (tertiary alicyclic amines) is 1. The summed E-state index contributed by atoms with van der Waals surface area (Å²) < 4.78 is 10.8. The van der Waals surface area contributed by atoms with Gasteiger partial charge in [0.15, 0.2) is 11.5 Å². The van der Waals surface area contributed by atoms with Gasteiger partial charge in [-0.05, 0) is 26.7 Å². The number of aryl methyl sites for hydroxylation is 2. The summed E-state index contributed by atoms with van der Waals surface area (Å²) in [5.41, 5.74) is 3.66. The Morgan fingerprint density at radius 3 is 2.74 bits per heavy atom. The van der Waals surface area contributed by atoms with Crippen molar-refractivity contribution in [1.29, 1.82) is 0 Å². The van der Waals surface area contributed by atoms with Crippen molar-refractivity contribution in [1.82, 2.24) is 20.5 Å². The fourth-order valence-electron chi connectivity index (χ4n) is 3.36. The largest absolute Gasteiger partial charge is 0.359 e. The predicted molar refractivity (Wildman–Crippen MR) is 98.8 cm³/mol. The van der Waals surface area contributed by atoms with Gasteiger partial charge in [0.25, 0.3) is 0 Å². The molecule has 0 unspecified atom stereocenters. The zero-order valence-corrected chi connectivity index (χ0v) is 15.4. The molecule has 0 bridgehead atoms. The molecule has 140 valence electrons. The number of hydrogen-bond acceptors (Lipinski definition) is 5. The summed E-state index contributed by atoms with van der Waals surface area (Å²) in [5, 5.41) is 10.9. The number of benzene rings is 1. The minimum Gasteiger partial charge on any atom is -0.359 e. The molecule has 1 aliphatic heterocycles. The van der Waals surface area contributed by atoms with Gasteiger partial charge in [-0.3, -0.25) is 0 Å². The molecule has 27 heavy (non-hydrogen) atoms. The molecule has 0 spiro atoms. The first-order valence-corrected chi connectivity index (χ1v) is 9.10. The molecule has 4 rings (SSSR count). The molecule has 1 saturated heterocycles. The van der Waals surface area contributed by atoms with Crippen molar-refractivity contribution in [2.24, 2.45) is 0 Å². The lowest BCUT2D eigenvalue weighted by Crippen LogP contribution is -2.39. The standard InChI is InChI=1S/C20H22N4O3/c1-13-5-7-15(8-6-13)18-11-16(23-26-18)12-21-20(25)24-9-3-4-17(24)19-10-14(2)22-27-19/h5-8,10-11,17H,3-4,9,12H2,1-2H3,(H,21,25)/t17-/m1/s1. The minimum atomic E-state index is -0.133. The maximum atomic E-state index is 12.6.